The molecule has 1 rings (SSSR count). The molecule has 0 saturated carbocycles. The highest BCUT2D eigenvalue weighted by Gasteiger charge is 2.32. The maximum absolute atomic E-state index is 2.52. The molecule has 0 radical (unpaired) electrons. The van der Waals surface area contributed by atoms with E-state index in [9.17, 15) is 0 Å². The van der Waals surface area contributed by atoms with E-state index >= 15 is 0 Å². The van der Waals surface area contributed by atoms with Crippen LogP contribution in [-0.4, -0.2) is 24.5 Å². The van der Waals surface area contributed by atoms with Gasteiger partial charge in [-0.15, -0.1) is 0 Å². The fourth-order valence-corrected chi connectivity index (χ4v) is 2.21. The first-order valence-electron chi connectivity index (χ1n) is 6.13. The summed E-state index contributed by atoms with van der Waals surface area (Å²) in [7, 11) is 2.26. The largest absolute Gasteiger partial charge is 0.303 e. The molecule has 1 aliphatic rings. The van der Waals surface area contributed by atoms with Crippen LogP contribution in [-0.2, 0) is 0 Å². The van der Waals surface area contributed by atoms with Gasteiger partial charge >= 0.3 is 0 Å². The standard InChI is InChI=1S/C11H23N.C2H6/c1-9(2)10-8-11(3,4)6-7-12(10)5;1-2/h9-10H,6-8H2,1-5H3;1-2H3. The molecule has 1 nitrogen and oxygen atoms in total. The van der Waals surface area contributed by atoms with Crippen molar-refractivity contribution in [2.75, 3.05) is 13.6 Å². The first-order chi connectivity index (χ1) is 6.42. The fraction of sp³-hybridized carbons (Fsp3) is 1.00. The third kappa shape index (κ3) is 4.00. The third-order valence-electron chi connectivity index (χ3n) is 3.24. The van der Waals surface area contributed by atoms with Crippen molar-refractivity contribution in [3.05, 3.63) is 0 Å². The predicted molar refractivity (Wildman–Crippen MR) is 65.6 cm³/mol. The van der Waals surface area contributed by atoms with Gasteiger partial charge in [-0.2, -0.15) is 0 Å². The monoisotopic (exact) mass is 199 g/mol. The number of piperidine rings is 1. The smallest absolute Gasteiger partial charge is 0.0120 e. The van der Waals surface area contributed by atoms with Gasteiger partial charge in [-0.3, -0.25) is 0 Å². The molecule has 1 unspecified atom stereocenters. The van der Waals surface area contributed by atoms with E-state index in [2.05, 4.69) is 39.6 Å². The average molecular weight is 199 g/mol. The lowest BCUT2D eigenvalue weighted by Crippen LogP contribution is -2.45. The van der Waals surface area contributed by atoms with E-state index < -0.39 is 0 Å². The van der Waals surface area contributed by atoms with E-state index in [4.69, 9.17) is 0 Å². The summed E-state index contributed by atoms with van der Waals surface area (Å²) in [6.07, 6.45) is 2.72. The highest BCUT2D eigenvalue weighted by Crippen LogP contribution is 2.35. The molecular formula is C13H29N. The summed E-state index contributed by atoms with van der Waals surface area (Å²) in [6.45, 7) is 14.7. The Morgan fingerprint density at radius 1 is 1.21 bits per heavy atom. The summed E-state index contributed by atoms with van der Waals surface area (Å²) in [5.74, 6) is 0.801. The lowest BCUT2D eigenvalue weighted by molar-refractivity contribution is 0.0657. The summed E-state index contributed by atoms with van der Waals surface area (Å²) in [5, 5.41) is 0. The Balaban J connectivity index is 0.000000791. The Kier molecular flexibility index (Phi) is 5.73. The molecule has 14 heavy (non-hydrogen) atoms. The van der Waals surface area contributed by atoms with Gasteiger partial charge in [-0.25, -0.2) is 0 Å². The molecule has 0 spiro atoms. The van der Waals surface area contributed by atoms with Crippen LogP contribution >= 0.6 is 0 Å². The maximum atomic E-state index is 2.52. The number of likely N-dealkylation sites (tertiary alicyclic amines) is 1. The van der Waals surface area contributed by atoms with Gasteiger partial charge in [-0.05, 0) is 37.8 Å². The van der Waals surface area contributed by atoms with Crippen LogP contribution in [0.15, 0.2) is 0 Å². The molecule has 0 aromatic rings. The minimum atomic E-state index is 0.571. The molecule has 0 bridgehead atoms. The van der Waals surface area contributed by atoms with Crippen molar-refractivity contribution >= 4 is 0 Å². The summed E-state index contributed by atoms with van der Waals surface area (Å²) < 4.78 is 0. The second kappa shape index (κ2) is 5.75. The van der Waals surface area contributed by atoms with Crippen molar-refractivity contribution in [2.45, 2.75) is 60.4 Å². The predicted octanol–water partition coefficient (Wildman–Crippen LogP) is 3.79. The number of hydrogen-bond acceptors (Lipinski definition) is 1. The molecule has 1 heteroatoms. The van der Waals surface area contributed by atoms with E-state index in [1.54, 1.807) is 0 Å². The van der Waals surface area contributed by atoms with Gasteiger partial charge in [0, 0.05) is 6.04 Å². The minimum absolute atomic E-state index is 0.571. The Morgan fingerprint density at radius 3 is 2.07 bits per heavy atom. The number of rotatable bonds is 1. The zero-order valence-corrected chi connectivity index (χ0v) is 11.2. The highest BCUT2D eigenvalue weighted by atomic mass is 15.1. The molecule has 0 aliphatic carbocycles. The van der Waals surface area contributed by atoms with E-state index in [1.807, 2.05) is 13.8 Å². The molecule has 1 fully saturated rings. The van der Waals surface area contributed by atoms with E-state index in [0.717, 1.165) is 12.0 Å². The topological polar surface area (TPSA) is 3.24 Å². The van der Waals surface area contributed by atoms with Gasteiger partial charge in [0.15, 0.2) is 0 Å². The molecule has 86 valence electrons. The summed E-state index contributed by atoms with van der Waals surface area (Å²) in [5.41, 5.74) is 0.571. The van der Waals surface area contributed by atoms with E-state index in [0.29, 0.717) is 5.41 Å². The number of nitrogens with zero attached hydrogens (tertiary/aromatic N) is 1. The maximum Gasteiger partial charge on any atom is 0.0120 e. The van der Waals surface area contributed by atoms with Crippen molar-refractivity contribution in [1.82, 2.24) is 4.90 Å². The van der Waals surface area contributed by atoms with Gasteiger partial charge in [0.1, 0.15) is 0 Å². The Labute approximate surface area is 90.9 Å². The van der Waals surface area contributed by atoms with Gasteiger partial charge in [0.05, 0.1) is 0 Å². The van der Waals surface area contributed by atoms with Crippen molar-refractivity contribution in [1.29, 1.82) is 0 Å². The lowest BCUT2D eigenvalue weighted by atomic mass is 9.76. The Bertz CT molecular complexity index is 149. The van der Waals surface area contributed by atoms with Crippen LogP contribution in [0.5, 0.6) is 0 Å². The molecule has 1 aliphatic heterocycles. The molecule has 0 aromatic carbocycles. The van der Waals surface area contributed by atoms with Crippen LogP contribution in [0.4, 0.5) is 0 Å². The number of hydrogen-bond donors (Lipinski definition) is 0. The van der Waals surface area contributed by atoms with Gasteiger partial charge < -0.3 is 4.90 Å². The molecule has 0 amide bonds. The van der Waals surface area contributed by atoms with Crippen molar-refractivity contribution in [2.24, 2.45) is 11.3 Å². The fourth-order valence-electron chi connectivity index (χ4n) is 2.21. The third-order valence-corrected chi connectivity index (χ3v) is 3.24. The molecule has 1 heterocycles. The molecule has 0 N–H and O–H groups in total. The molecule has 0 aromatic heterocycles. The van der Waals surface area contributed by atoms with Gasteiger partial charge in [-0.1, -0.05) is 41.5 Å². The zero-order valence-electron chi connectivity index (χ0n) is 11.2. The van der Waals surface area contributed by atoms with Crippen LogP contribution < -0.4 is 0 Å². The summed E-state index contributed by atoms with van der Waals surface area (Å²) in [4.78, 5) is 2.52. The summed E-state index contributed by atoms with van der Waals surface area (Å²) in [6, 6.07) is 0.800. The van der Waals surface area contributed by atoms with Crippen molar-refractivity contribution < 1.29 is 0 Å². The quantitative estimate of drug-likeness (QED) is 0.621. The van der Waals surface area contributed by atoms with Crippen molar-refractivity contribution in [3.63, 3.8) is 0 Å². The zero-order chi connectivity index (χ0) is 11.4. The highest BCUT2D eigenvalue weighted by molar-refractivity contribution is 4.86. The van der Waals surface area contributed by atoms with Crippen LogP contribution in [0.2, 0.25) is 0 Å². The van der Waals surface area contributed by atoms with Crippen LogP contribution in [0, 0.1) is 11.3 Å². The van der Waals surface area contributed by atoms with Gasteiger partial charge in [0.2, 0.25) is 0 Å². The van der Waals surface area contributed by atoms with E-state index in [1.165, 1.54) is 19.4 Å². The Hall–Kier alpha value is -0.0400. The molecular weight excluding hydrogens is 170 g/mol. The van der Waals surface area contributed by atoms with E-state index in [-0.39, 0.29) is 0 Å². The normalized spacial score (nSPS) is 27.0. The second-order valence-corrected chi connectivity index (χ2v) is 5.41. The first-order valence-corrected chi connectivity index (χ1v) is 6.13. The minimum Gasteiger partial charge on any atom is -0.303 e. The van der Waals surface area contributed by atoms with Crippen molar-refractivity contribution in [3.8, 4) is 0 Å². The van der Waals surface area contributed by atoms with Crippen LogP contribution in [0.25, 0.3) is 0 Å². The van der Waals surface area contributed by atoms with Crippen LogP contribution in [0.1, 0.15) is 54.4 Å². The molecule has 1 atom stereocenters. The lowest BCUT2D eigenvalue weighted by Gasteiger charge is -2.43. The van der Waals surface area contributed by atoms with Gasteiger partial charge in [0.25, 0.3) is 0 Å². The first kappa shape index (κ1) is 14.0. The molecule has 1 saturated heterocycles. The Morgan fingerprint density at radius 2 is 1.71 bits per heavy atom. The SMILES string of the molecule is CC.CC(C)C1CC(C)(C)CCN1C. The second-order valence-electron chi connectivity index (χ2n) is 5.41. The summed E-state index contributed by atoms with van der Waals surface area (Å²) >= 11 is 0. The van der Waals surface area contributed by atoms with Crippen LogP contribution in [0.3, 0.4) is 0 Å². The average Bonchev–Trinajstić information content (AvgIpc) is 2.12.